The number of pyridine rings is 1. The summed E-state index contributed by atoms with van der Waals surface area (Å²) in [7, 11) is 1.64. The summed E-state index contributed by atoms with van der Waals surface area (Å²) >= 11 is 1.57. The molecule has 2 unspecified atom stereocenters. The van der Waals surface area contributed by atoms with Gasteiger partial charge in [0.2, 0.25) is 11.8 Å². The van der Waals surface area contributed by atoms with Crippen molar-refractivity contribution in [2.24, 2.45) is 0 Å². The average Bonchev–Trinajstić information content (AvgIpc) is 2.71. The fourth-order valence-electron chi connectivity index (χ4n) is 2.89. The van der Waals surface area contributed by atoms with Crippen LogP contribution in [0.25, 0.3) is 0 Å². The minimum absolute atomic E-state index is 0.0515. The molecule has 0 saturated carbocycles. The van der Waals surface area contributed by atoms with Crippen LogP contribution in [0, 0.1) is 0 Å². The lowest BCUT2D eigenvalue weighted by atomic mass is 10.1. The van der Waals surface area contributed by atoms with E-state index in [-0.39, 0.29) is 36.2 Å². The Labute approximate surface area is 168 Å². The molecule has 3 rings (SSSR count). The molecule has 28 heavy (non-hydrogen) atoms. The van der Waals surface area contributed by atoms with Crippen LogP contribution in [0.3, 0.4) is 0 Å². The molecule has 1 aliphatic rings. The van der Waals surface area contributed by atoms with Gasteiger partial charge in [0, 0.05) is 30.8 Å². The monoisotopic (exact) mass is 400 g/mol. The summed E-state index contributed by atoms with van der Waals surface area (Å²) in [5, 5.41) is 9.10. The third-order valence-corrected chi connectivity index (χ3v) is 5.37. The molecule has 2 aromatic rings. The first kappa shape index (κ1) is 20.2. The Balaban J connectivity index is 1.46. The van der Waals surface area contributed by atoms with Crippen LogP contribution >= 0.6 is 11.8 Å². The van der Waals surface area contributed by atoms with Crippen LogP contribution in [-0.2, 0) is 21.9 Å². The number of ether oxygens (including phenoxy) is 1. The molecule has 0 radical (unpaired) electrons. The van der Waals surface area contributed by atoms with Crippen LogP contribution in [0.1, 0.15) is 24.1 Å². The van der Waals surface area contributed by atoms with Crippen molar-refractivity contribution < 1.29 is 14.3 Å². The zero-order chi connectivity index (χ0) is 19.8. The number of nitrogens with one attached hydrogen (secondary N) is 3. The van der Waals surface area contributed by atoms with Crippen LogP contribution in [0.15, 0.2) is 48.7 Å². The quantitative estimate of drug-likeness (QED) is 0.626. The molecule has 1 saturated heterocycles. The Kier molecular flexibility index (Phi) is 7.27. The third kappa shape index (κ3) is 6.24. The van der Waals surface area contributed by atoms with E-state index in [4.69, 9.17) is 4.74 Å². The first-order valence-electron chi connectivity index (χ1n) is 9.09. The predicted octanol–water partition coefficient (Wildman–Crippen LogP) is 1.79. The van der Waals surface area contributed by atoms with Crippen molar-refractivity contribution in [1.82, 2.24) is 20.9 Å². The molecular formula is C20H24N4O3S. The minimum atomic E-state index is -0.235. The minimum Gasteiger partial charge on any atom is -0.497 e. The van der Waals surface area contributed by atoms with E-state index in [1.807, 2.05) is 42.5 Å². The number of carbonyl (C=O) groups excluding carboxylic acids is 2. The molecule has 0 bridgehead atoms. The van der Waals surface area contributed by atoms with Crippen LogP contribution < -0.4 is 20.7 Å². The highest BCUT2D eigenvalue weighted by Gasteiger charge is 2.27. The maximum absolute atomic E-state index is 12.2. The Morgan fingerprint density at radius 2 is 2.21 bits per heavy atom. The molecule has 148 valence electrons. The Hall–Kier alpha value is -2.58. The van der Waals surface area contributed by atoms with Gasteiger partial charge in [0.1, 0.15) is 11.2 Å². The summed E-state index contributed by atoms with van der Waals surface area (Å²) in [4.78, 5) is 28.4. The van der Waals surface area contributed by atoms with E-state index >= 15 is 0 Å². The van der Waals surface area contributed by atoms with Crippen LogP contribution in [0.2, 0.25) is 0 Å². The van der Waals surface area contributed by atoms with Crippen molar-refractivity contribution in [2.75, 3.05) is 7.11 Å². The van der Waals surface area contributed by atoms with E-state index in [1.54, 1.807) is 25.1 Å². The Morgan fingerprint density at radius 1 is 1.32 bits per heavy atom. The second kappa shape index (κ2) is 10.1. The van der Waals surface area contributed by atoms with Crippen molar-refractivity contribution in [3.8, 4) is 5.75 Å². The summed E-state index contributed by atoms with van der Waals surface area (Å²) in [6.45, 7) is 0.382. The van der Waals surface area contributed by atoms with Crippen molar-refractivity contribution in [3.05, 3.63) is 59.9 Å². The third-order valence-electron chi connectivity index (χ3n) is 4.29. The summed E-state index contributed by atoms with van der Waals surface area (Å²) in [5.74, 6) is 1.37. The molecule has 8 heteroatoms. The first-order valence-corrected chi connectivity index (χ1v) is 10.1. The van der Waals surface area contributed by atoms with Gasteiger partial charge >= 0.3 is 0 Å². The van der Waals surface area contributed by atoms with E-state index in [9.17, 15) is 9.59 Å². The van der Waals surface area contributed by atoms with E-state index in [2.05, 4.69) is 20.9 Å². The van der Waals surface area contributed by atoms with Crippen LogP contribution in [0.4, 0.5) is 0 Å². The van der Waals surface area contributed by atoms with Gasteiger partial charge in [-0.15, -0.1) is 11.8 Å². The van der Waals surface area contributed by atoms with Crippen molar-refractivity contribution in [3.63, 3.8) is 0 Å². The zero-order valence-corrected chi connectivity index (χ0v) is 16.5. The number of carbonyl (C=O) groups is 2. The summed E-state index contributed by atoms with van der Waals surface area (Å²) in [6.07, 6.45) is 2.22. The standard InChI is InChI=1S/C20H24N4O3S/c1-27-17-7-4-5-14(9-17)13-28-20-23-16(11-19(26)24-20)10-18(25)22-12-15-6-2-3-8-21-15/h2-9,16,20,23H,10-13H2,1H3,(H,22,25)(H,24,26). The number of nitrogens with zero attached hydrogens (tertiary/aromatic N) is 1. The van der Waals surface area contributed by atoms with Gasteiger partial charge in [0.15, 0.2) is 0 Å². The zero-order valence-electron chi connectivity index (χ0n) is 15.7. The molecule has 7 nitrogen and oxygen atoms in total. The van der Waals surface area contributed by atoms with Gasteiger partial charge in [0.25, 0.3) is 0 Å². The lowest BCUT2D eigenvalue weighted by Gasteiger charge is -2.31. The molecule has 2 atom stereocenters. The molecule has 1 aromatic heterocycles. The Bertz CT molecular complexity index is 803. The van der Waals surface area contributed by atoms with Gasteiger partial charge in [-0.2, -0.15) is 0 Å². The van der Waals surface area contributed by atoms with Gasteiger partial charge in [-0.05, 0) is 29.8 Å². The summed E-state index contributed by atoms with van der Waals surface area (Å²) in [5.41, 5.74) is 1.67. The predicted molar refractivity (Wildman–Crippen MR) is 108 cm³/mol. The SMILES string of the molecule is COc1cccc(CSC2NC(=O)CC(CC(=O)NCc3ccccn3)N2)c1. The fraction of sp³-hybridized carbons (Fsp3) is 0.350. The van der Waals surface area contributed by atoms with Gasteiger partial charge in [-0.1, -0.05) is 18.2 Å². The van der Waals surface area contributed by atoms with Crippen molar-refractivity contribution >= 4 is 23.6 Å². The van der Waals surface area contributed by atoms with Gasteiger partial charge < -0.3 is 15.4 Å². The first-order chi connectivity index (χ1) is 13.6. The van der Waals surface area contributed by atoms with Crippen LogP contribution in [0.5, 0.6) is 5.75 Å². The number of methoxy groups -OCH3 is 1. The molecule has 0 spiro atoms. The number of thioether (sulfide) groups is 1. The number of hydrogen-bond donors (Lipinski definition) is 3. The van der Waals surface area contributed by atoms with Crippen molar-refractivity contribution in [1.29, 1.82) is 0 Å². The lowest BCUT2D eigenvalue weighted by Crippen LogP contribution is -2.55. The highest BCUT2D eigenvalue weighted by molar-refractivity contribution is 7.99. The molecule has 1 fully saturated rings. The van der Waals surface area contributed by atoms with Gasteiger partial charge in [-0.3, -0.25) is 19.9 Å². The lowest BCUT2D eigenvalue weighted by molar-refractivity contribution is -0.125. The van der Waals surface area contributed by atoms with E-state index < -0.39 is 0 Å². The molecule has 0 aliphatic carbocycles. The average molecular weight is 401 g/mol. The smallest absolute Gasteiger partial charge is 0.223 e. The van der Waals surface area contributed by atoms with Crippen LogP contribution in [-0.4, -0.2) is 35.4 Å². The molecular weight excluding hydrogens is 376 g/mol. The molecule has 2 amide bonds. The maximum atomic E-state index is 12.2. The second-order valence-corrected chi connectivity index (χ2v) is 7.57. The normalized spacial score (nSPS) is 19.0. The molecule has 2 heterocycles. The Morgan fingerprint density at radius 3 is 3.00 bits per heavy atom. The summed E-state index contributed by atoms with van der Waals surface area (Å²) in [6, 6.07) is 13.2. The van der Waals surface area contributed by atoms with Gasteiger partial charge in [-0.25, -0.2) is 0 Å². The largest absolute Gasteiger partial charge is 0.497 e. The molecule has 1 aliphatic heterocycles. The number of benzene rings is 1. The van der Waals surface area contributed by atoms with E-state index in [0.29, 0.717) is 12.3 Å². The maximum Gasteiger partial charge on any atom is 0.223 e. The number of aromatic nitrogens is 1. The highest BCUT2D eigenvalue weighted by Crippen LogP contribution is 2.21. The molecule has 3 N–H and O–H groups in total. The molecule has 1 aromatic carbocycles. The second-order valence-electron chi connectivity index (χ2n) is 6.48. The van der Waals surface area contributed by atoms with E-state index in [1.165, 1.54) is 0 Å². The van der Waals surface area contributed by atoms with Crippen molar-refractivity contribution in [2.45, 2.75) is 36.7 Å². The number of rotatable bonds is 8. The highest BCUT2D eigenvalue weighted by atomic mass is 32.2. The number of hydrogen-bond acceptors (Lipinski definition) is 6. The van der Waals surface area contributed by atoms with E-state index in [0.717, 1.165) is 17.0 Å². The fourth-order valence-corrected chi connectivity index (χ4v) is 3.94. The summed E-state index contributed by atoms with van der Waals surface area (Å²) < 4.78 is 5.24. The van der Waals surface area contributed by atoms with Gasteiger partial charge in [0.05, 0.1) is 19.3 Å². The topological polar surface area (TPSA) is 92.3 Å². The number of amides is 2.